The van der Waals surface area contributed by atoms with Gasteiger partial charge in [-0.25, -0.2) is 0 Å². The van der Waals surface area contributed by atoms with Gasteiger partial charge >= 0.3 is 0 Å². The molecule has 0 aromatic carbocycles. The number of nitrogens with two attached hydrogens (primary N) is 1. The lowest BCUT2D eigenvalue weighted by molar-refractivity contribution is -0.00881. The Morgan fingerprint density at radius 1 is 1.53 bits per heavy atom. The zero-order valence-corrected chi connectivity index (χ0v) is 9.67. The highest BCUT2D eigenvalue weighted by atomic mass is 16.5. The number of aliphatic hydroxyl groups is 1. The van der Waals surface area contributed by atoms with E-state index in [4.69, 9.17) is 15.6 Å². The first-order chi connectivity index (χ1) is 7.29. The predicted molar refractivity (Wildman–Crippen MR) is 60.8 cm³/mol. The average Bonchev–Trinajstić information content (AvgIpc) is 2.30. The molecule has 0 radical (unpaired) electrons. The van der Waals surface area contributed by atoms with E-state index >= 15 is 0 Å². The number of nitrogens with one attached hydrogen (secondary N) is 1. The van der Waals surface area contributed by atoms with E-state index in [1.54, 1.807) is 7.11 Å². The molecule has 0 amide bonds. The summed E-state index contributed by atoms with van der Waals surface area (Å²) in [6, 6.07) is 0. The summed E-state index contributed by atoms with van der Waals surface area (Å²) in [5, 5.41) is 12.2. The summed E-state index contributed by atoms with van der Waals surface area (Å²) in [6.07, 6.45) is 5.59. The van der Waals surface area contributed by atoms with Crippen LogP contribution < -0.4 is 11.1 Å². The van der Waals surface area contributed by atoms with E-state index in [2.05, 4.69) is 5.32 Å². The van der Waals surface area contributed by atoms with Crippen molar-refractivity contribution >= 4 is 0 Å². The monoisotopic (exact) mass is 216 g/mol. The van der Waals surface area contributed by atoms with Gasteiger partial charge in [0, 0.05) is 20.3 Å². The van der Waals surface area contributed by atoms with Crippen molar-refractivity contribution in [1.82, 2.24) is 5.32 Å². The van der Waals surface area contributed by atoms with Crippen LogP contribution in [0.4, 0.5) is 0 Å². The molecule has 4 N–H and O–H groups in total. The number of aliphatic hydroxyl groups excluding tert-OH is 1. The van der Waals surface area contributed by atoms with Crippen molar-refractivity contribution in [2.24, 2.45) is 5.73 Å². The Balaban J connectivity index is 2.53. The van der Waals surface area contributed by atoms with Crippen LogP contribution in [0.15, 0.2) is 0 Å². The molecule has 4 nitrogen and oxygen atoms in total. The second-order valence-corrected chi connectivity index (χ2v) is 4.33. The third kappa shape index (κ3) is 3.14. The highest BCUT2D eigenvalue weighted by Gasteiger charge is 2.39. The largest absolute Gasteiger partial charge is 0.396 e. The molecule has 0 bridgehead atoms. The highest BCUT2D eigenvalue weighted by molar-refractivity contribution is 4.99. The molecule has 1 fully saturated rings. The minimum absolute atomic E-state index is 0.0673. The molecule has 2 atom stereocenters. The van der Waals surface area contributed by atoms with Gasteiger partial charge in [0.25, 0.3) is 0 Å². The third-order valence-electron chi connectivity index (χ3n) is 3.42. The van der Waals surface area contributed by atoms with E-state index in [9.17, 15) is 0 Å². The maximum absolute atomic E-state index is 8.77. The van der Waals surface area contributed by atoms with E-state index in [1.807, 2.05) is 0 Å². The molecule has 0 aromatic rings. The minimum atomic E-state index is -0.0673. The molecule has 0 heterocycles. The van der Waals surface area contributed by atoms with Crippen LogP contribution in [-0.4, -0.2) is 43.6 Å². The van der Waals surface area contributed by atoms with E-state index in [0.717, 1.165) is 25.8 Å². The van der Waals surface area contributed by atoms with Crippen molar-refractivity contribution in [1.29, 1.82) is 0 Å². The van der Waals surface area contributed by atoms with E-state index in [1.165, 1.54) is 12.8 Å². The van der Waals surface area contributed by atoms with Gasteiger partial charge in [0.2, 0.25) is 0 Å². The van der Waals surface area contributed by atoms with Crippen LogP contribution in [0.2, 0.25) is 0 Å². The topological polar surface area (TPSA) is 67.5 Å². The van der Waals surface area contributed by atoms with Crippen molar-refractivity contribution in [3.8, 4) is 0 Å². The van der Waals surface area contributed by atoms with Gasteiger partial charge in [-0.1, -0.05) is 12.8 Å². The van der Waals surface area contributed by atoms with E-state index in [0.29, 0.717) is 6.54 Å². The zero-order chi connectivity index (χ0) is 11.1. The van der Waals surface area contributed by atoms with Crippen molar-refractivity contribution in [2.75, 3.05) is 26.8 Å². The molecule has 0 aromatic heterocycles. The number of methoxy groups -OCH3 is 1. The van der Waals surface area contributed by atoms with Gasteiger partial charge in [-0.15, -0.1) is 0 Å². The van der Waals surface area contributed by atoms with Gasteiger partial charge in [-0.3, -0.25) is 0 Å². The molecular formula is C11H24N2O2. The van der Waals surface area contributed by atoms with Crippen LogP contribution in [0.5, 0.6) is 0 Å². The van der Waals surface area contributed by atoms with Gasteiger partial charge < -0.3 is 20.9 Å². The SMILES string of the molecule is COC1CCCCC1(CN)NCCCO. The molecule has 4 heteroatoms. The Morgan fingerprint density at radius 2 is 2.33 bits per heavy atom. The van der Waals surface area contributed by atoms with Crippen LogP contribution in [0.1, 0.15) is 32.1 Å². The molecular weight excluding hydrogens is 192 g/mol. The summed E-state index contributed by atoms with van der Waals surface area (Å²) in [4.78, 5) is 0. The molecule has 0 aliphatic heterocycles. The van der Waals surface area contributed by atoms with Gasteiger partial charge in [-0.05, 0) is 25.8 Å². The Hall–Kier alpha value is -0.160. The fourth-order valence-electron chi connectivity index (χ4n) is 2.48. The Labute approximate surface area is 92.2 Å². The molecule has 90 valence electrons. The van der Waals surface area contributed by atoms with Crippen LogP contribution in [0.3, 0.4) is 0 Å². The fraction of sp³-hybridized carbons (Fsp3) is 1.00. The maximum Gasteiger partial charge on any atom is 0.0765 e. The number of rotatable bonds is 6. The standard InChI is InChI=1S/C11H24N2O2/c1-15-10-5-2-3-6-11(10,9-12)13-7-4-8-14/h10,13-14H,2-9,12H2,1H3. The summed E-state index contributed by atoms with van der Waals surface area (Å²) >= 11 is 0. The van der Waals surface area contributed by atoms with Crippen molar-refractivity contribution < 1.29 is 9.84 Å². The second-order valence-electron chi connectivity index (χ2n) is 4.33. The third-order valence-corrected chi connectivity index (χ3v) is 3.42. The fourth-order valence-corrected chi connectivity index (χ4v) is 2.48. The highest BCUT2D eigenvalue weighted by Crippen LogP contribution is 2.29. The lowest BCUT2D eigenvalue weighted by Crippen LogP contribution is -2.61. The Morgan fingerprint density at radius 3 is 2.93 bits per heavy atom. The summed E-state index contributed by atoms with van der Waals surface area (Å²) in [5.74, 6) is 0. The molecule has 2 unspecified atom stereocenters. The molecule has 1 aliphatic carbocycles. The van der Waals surface area contributed by atoms with Crippen molar-refractivity contribution in [2.45, 2.75) is 43.7 Å². The first-order valence-electron chi connectivity index (χ1n) is 5.88. The Bertz CT molecular complexity index is 178. The van der Waals surface area contributed by atoms with Gasteiger partial charge in [0.05, 0.1) is 11.6 Å². The lowest BCUT2D eigenvalue weighted by atomic mass is 9.79. The molecule has 1 rings (SSSR count). The molecule has 1 aliphatic rings. The molecule has 0 spiro atoms. The minimum Gasteiger partial charge on any atom is -0.396 e. The maximum atomic E-state index is 8.77. The second kappa shape index (κ2) is 6.43. The smallest absolute Gasteiger partial charge is 0.0765 e. The Kier molecular flexibility index (Phi) is 5.53. The molecule has 1 saturated carbocycles. The summed E-state index contributed by atoms with van der Waals surface area (Å²) < 4.78 is 5.52. The average molecular weight is 216 g/mol. The summed E-state index contributed by atoms with van der Waals surface area (Å²) in [5.41, 5.74) is 5.81. The summed E-state index contributed by atoms with van der Waals surface area (Å²) in [6.45, 7) is 1.65. The van der Waals surface area contributed by atoms with Crippen LogP contribution in [0.25, 0.3) is 0 Å². The summed E-state index contributed by atoms with van der Waals surface area (Å²) in [7, 11) is 1.76. The first-order valence-corrected chi connectivity index (χ1v) is 5.88. The van der Waals surface area contributed by atoms with Crippen molar-refractivity contribution in [3.63, 3.8) is 0 Å². The van der Waals surface area contributed by atoms with Gasteiger partial charge in [-0.2, -0.15) is 0 Å². The quantitative estimate of drug-likeness (QED) is 0.557. The predicted octanol–water partition coefficient (Wildman–Crippen LogP) is 0.245. The number of hydrogen-bond acceptors (Lipinski definition) is 4. The molecule has 0 saturated heterocycles. The normalized spacial score (nSPS) is 31.8. The number of hydrogen-bond donors (Lipinski definition) is 3. The van der Waals surface area contributed by atoms with Gasteiger partial charge in [0.1, 0.15) is 0 Å². The van der Waals surface area contributed by atoms with E-state index in [-0.39, 0.29) is 18.2 Å². The van der Waals surface area contributed by atoms with Crippen LogP contribution in [0, 0.1) is 0 Å². The number of ether oxygens (including phenoxy) is 1. The van der Waals surface area contributed by atoms with Crippen molar-refractivity contribution in [3.05, 3.63) is 0 Å². The first kappa shape index (κ1) is 12.9. The van der Waals surface area contributed by atoms with E-state index < -0.39 is 0 Å². The van der Waals surface area contributed by atoms with Crippen LogP contribution >= 0.6 is 0 Å². The lowest BCUT2D eigenvalue weighted by Gasteiger charge is -2.43. The van der Waals surface area contributed by atoms with Crippen LogP contribution in [-0.2, 0) is 4.74 Å². The van der Waals surface area contributed by atoms with Gasteiger partial charge in [0.15, 0.2) is 0 Å². The zero-order valence-electron chi connectivity index (χ0n) is 9.67. The molecule has 15 heavy (non-hydrogen) atoms.